The predicted octanol–water partition coefficient (Wildman–Crippen LogP) is 3.06. The summed E-state index contributed by atoms with van der Waals surface area (Å²) in [5.41, 5.74) is 1.73. The molecule has 0 amide bonds. The fraction of sp³-hybridized carbons (Fsp3) is 0.643. The monoisotopic (exact) mass is 218 g/mol. The first-order chi connectivity index (χ1) is 7.57. The van der Waals surface area contributed by atoms with E-state index in [1.165, 1.54) is 31.5 Å². The smallest absolute Gasteiger partial charge is 0.0302 e. The Hall–Kier alpha value is -0.890. The van der Waals surface area contributed by atoms with Crippen molar-refractivity contribution in [2.45, 2.75) is 45.1 Å². The number of pyridine rings is 1. The lowest BCUT2D eigenvalue weighted by Gasteiger charge is -2.41. The lowest BCUT2D eigenvalue weighted by molar-refractivity contribution is 0.102. The third-order valence-corrected chi connectivity index (χ3v) is 3.60. The molecule has 1 fully saturated rings. The zero-order valence-electron chi connectivity index (χ0n) is 10.6. The van der Waals surface area contributed by atoms with E-state index < -0.39 is 0 Å². The van der Waals surface area contributed by atoms with Crippen LogP contribution in [0.15, 0.2) is 24.5 Å². The molecule has 0 aliphatic carbocycles. The van der Waals surface area contributed by atoms with Crippen LogP contribution in [0.1, 0.15) is 45.1 Å². The lowest BCUT2D eigenvalue weighted by atomic mass is 9.88. The van der Waals surface area contributed by atoms with Crippen LogP contribution in [0.3, 0.4) is 0 Å². The van der Waals surface area contributed by atoms with Gasteiger partial charge in [0.05, 0.1) is 0 Å². The Labute approximate surface area is 98.7 Å². The average Bonchev–Trinajstić information content (AvgIpc) is 2.29. The molecule has 0 bridgehead atoms. The highest BCUT2D eigenvalue weighted by Gasteiger charge is 2.27. The summed E-state index contributed by atoms with van der Waals surface area (Å²) in [6.07, 6.45) is 6.41. The molecule has 1 aromatic rings. The van der Waals surface area contributed by atoms with Crippen LogP contribution in [-0.2, 0) is 0 Å². The van der Waals surface area contributed by atoms with Gasteiger partial charge in [0.25, 0.3) is 0 Å². The van der Waals surface area contributed by atoms with Gasteiger partial charge in [-0.3, -0.25) is 9.88 Å². The van der Waals surface area contributed by atoms with E-state index in [1.807, 2.05) is 18.5 Å². The molecule has 0 aromatic carbocycles. The molecule has 1 aromatic heterocycles. The normalized spacial score (nSPS) is 19.9. The van der Waals surface area contributed by atoms with Crippen LogP contribution in [0.4, 0.5) is 0 Å². The molecule has 0 spiro atoms. The second-order valence-electron chi connectivity index (χ2n) is 5.72. The van der Waals surface area contributed by atoms with Crippen molar-refractivity contribution in [2.75, 3.05) is 13.1 Å². The summed E-state index contributed by atoms with van der Waals surface area (Å²) in [4.78, 5) is 6.80. The fourth-order valence-electron chi connectivity index (χ4n) is 2.50. The molecule has 2 heteroatoms. The van der Waals surface area contributed by atoms with Crippen molar-refractivity contribution in [2.24, 2.45) is 0 Å². The molecule has 88 valence electrons. The van der Waals surface area contributed by atoms with E-state index in [2.05, 4.69) is 36.7 Å². The van der Waals surface area contributed by atoms with Crippen LogP contribution >= 0.6 is 0 Å². The standard InChI is InChI=1S/C14H22N2/c1-14(2,3)16-9-6-12(7-10-16)13-5-4-8-15-11-13/h4-5,8,11-12H,6-7,9-10H2,1-3H3. The first-order valence-electron chi connectivity index (χ1n) is 6.22. The number of likely N-dealkylation sites (tertiary alicyclic amines) is 1. The van der Waals surface area contributed by atoms with Crippen LogP contribution in [0.5, 0.6) is 0 Å². The Morgan fingerprint density at radius 3 is 2.44 bits per heavy atom. The molecule has 0 unspecified atom stereocenters. The first kappa shape index (κ1) is 11.6. The highest BCUT2D eigenvalue weighted by molar-refractivity contribution is 5.15. The van der Waals surface area contributed by atoms with Gasteiger partial charge in [-0.25, -0.2) is 0 Å². The van der Waals surface area contributed by atoms with E-state index in [0.717, 1.165) is 0 Å². The Morgan fingerprint density at radius 1 is 1.25 bits per heavy atom. The fourth-order valence-corrected chi connectivity index (χ4v) is 2.50. The van der Waals surface area contributed by atoms with Gasteiger partial charge in [0, 0.05) is 17.9 Å². The highest BCUT2D eigenvalue weighted by Crippen LogP contribution is 2.30. The number of piperidine rings is 1. The van der Waals surface area contributed by atoms with Gasteiger partial charge in [0.1, 0.15) is 0 Å². The van der Waals surface area contributed by atoms with Gasteiger partial charge in [-0.1, -0.05) is 6.07 Å². The minimum atomic E-state index is 0.319. The maximum absolute atomic E-state index is 4.21. The van der Waals surface area contributed by atoms with E-state index >= 15 is 0 Å². The van der Waals surface area contributed by atoms with Gasteiger partial charge < -0.3 is 0 Å². The van der Waals surface area contributed by atoms with Crippen molar-refractivity contribution in [3.63, 3.8) is 0 Å². The van der Waals surface area contributed by atoms with E-state index in [9.17, 15) is 0 Å². The van der Waals surface area contributed by atoms with Crippen molar-refractivity contribution in [3.8, 4) is 0 Å². The maximum Gasteiger partial charge on any atom is 0.0302 e. The van der Waals surface area contributed by atoms with E-state index in [4.69, 9.17) is 0 Å². The first-order valence-corrected chi connectivity index (χ1v) is 6.22. The predicted molar refractivity (Wildman–Crippen MR) is 67.5 cm³/mol. The Morgan fingerprint density at radius 2 is 1.94 bits per heavy atom. The van der Waals surface area contributed by atoms with Gasteiger partial charge in [-0.15, -0.1) is 0 Å². The summed E-state index contributed by atoms with van der Waals surface area (Å²) in [5, 5.41) is 0. The number of nitrogens with zero attached hydrogens (tertiary/aromatic N) is 2. The summed E-state index contributed by atoms with van der Waals surface area (Å²) in [6.45, 7) is 9.33. The molecular weight excluding hydrogens is 196 g/mol. The molecule has 0 N–H and O–H groups in total. The van der Waals surface area contributed by atoms with Gasteiger partial charge >= 0.3 is 0 Å². The summed E-state index contributed by atoms with van der Waals surface area (Å²) >= 11 is 0. The topological polar surface area (TPSA) is 16.1 Å². The van der Waals surface area contributed by atoms with Gasteiger partial charge in [0.15, 0.2) is 0 Å². The molecule has 1 aliphatic heterocycles. The SMILES string of the molecule is CC(C)(C)N1CCC(c2cccnc2)CC1. The molecule has 0 atom stereocenters. The van der Waals surface area contributed by atoms with Gasteiger partial charge in [0.2, 0.25) is 0 Å². The molecule has 1 aliphatic rings. The van der Waals surface area contributed by atoms with E-state index in [1.54, 1.807) is 0 Å². The van der Waals surface area contributed by atoms with Crippen LogP contribution in [0.25, 0.3) is 0 Å². The van der Waals surface area contributed by atoms with Crippen molar-refractivity contribution in [1.82, 2.24) is 9.88 Å². The van der Waals surface area contributed by atoms with Crippen LogP contribution in [-0.4, -0.2) is 28.5 Å². The number of hydrogen-bond donors (Lipinski definition) is 0. The largest absolute Gasteiger partial charge is 0.298 e. The second kappa shape index (κ2) is 4.54. The number of hydrogen-bond acceptors (Lipinski definition) is 2. The van der Waals surface area contributed by atoms with Crippen LogP contribution in [0, 0.1) is 0 Å². The number of aromatic nitrogens is 1. The zero-order chi connectivity index (χ0) is 11.6. The maximum atomic E-state index is 4.21. The zero-order valence-corrected chi connectivity index (χ0v) is 10.6. The molecule has 2 nitrogen and oxygen atoms in total. The molecule has 0 radical (unpaired) electrons. The van der Waals surface area contributed by atoms with Crippen molar-refractivity contribution >= 4 is 0 Å². The molecule has 1 saturated heterocycles. The summed E-state index contributed by atoms with van der Waals surface area (Å²) < 4.78 is 0. The second-order valence-corrected chi connectivity index (χ2v) is 5.72. The van der Waals surface area contributed by atoms with Crippen molar-refractivity contribution in [3.05, 3.63) is 30.1 Å². The number of rotatable bonds is 1. The molecule has 2 heterocycles. The average molecular weight is 218 g/mol. The van der Waals surface area contributed by atoms with Gasteiger partial charge in [-0.05, 0) is 64.3 Å². The minimum Gasteiger partial charge on any atom is -0.298 e. The Bertz CT molecular complexity index is 318. The van der Waals surface area contributed by atoms with E-state index in [-0.39, 0.29) is 0 Å². The summed E-state index contributed by atoms with van der Waals surface area (Å²) in [7, 11) is 0. The third-order valence-electron chi connectivity index (χ3n) is 3.60. The van der Waals surface area contributed by atoms with Crippen LogP contribution in [0.2, 0.25) is 0 Å². The van der Waals surface area contributed by atoms with Crippen LogP contribution < -0.4 is 0 Å². The van der Waals surface area contributed by atoms with Crippen molar-refractivity contribution in [1.29, 1.82) is 0 Å². The molecule has 2 rings (SSSR count). The summed E-state index contributed by atoms with van der Waals surface area (Å²) in [5.74, 6) is 0.715. The summed E-state index contributed by atoms with van der Waals surface area (Å²) in [6, 6.07) is 4.26. The highest BCUT2D eigenvalue weighted by atomic mass is 15.2. The minimum absolute atomic E-state index is 0.319. The van der Waals surface area contributed by atoms with Crippen molar-refractivity contribution < 1.29 is 0 Å². The molecular formula is C14H22N2. The van der Waals surface area contributed by atoms with E-state index in [0.29, 0.717) is 11.5 Å². The Kier molecular flexibility index (Phi) is 3.29. The lowest BCUT2D eigenvalue weighted by Crippen LogP contribution is -2.45. The molecule has 0 saturated carbocycles. The Balaban J connectivity index is 1.96. The van der Waals surface area contributed by atoms with Gasteiger partial charge in [-0.2, -0.15) is 0 Å². The molecule has 16 heavy (non-hydrogen) atoms. The quantitative estimate of drug-likeness (QED) is 0.720. The third kappa shape index (κ3) is 2.62.